The van der Waals surface area contributed by atoms with Crippen LogP contribution in [0.1, 0.15) is 18.4 Å². The molecule has 20 heavy (non-hydrogen) atoms. The maximum Gasteiger partial charge on any atom is 0.229 e. The zero-order valence-electron chi connectivity index (χ0n) is 11.8. The number of benzene rings is 1. The van der Waals surface area contributed by atoms with Crippen molar-refractivity contribution in [3.05, 3.63) is 29.8 Å². The van der Waals surface area contributed by atoms with Gasteiger partial charge in [0.25, 0.3) is 0 Å². The fourth-order valence-electron chi connectivity index (χ4n) is 3.25. The quantitative estimate of drug-likeness (QED) is 0.907. The first-order valence-corrected chi connectivity index (χ1v) is 7.47. The van der Waals surface area contributed by atoms with Crippen molar-refractivity contribution in [1.29, 1.82) is 0 Å². The Morgan fingerprint density at radius 3 is 3.10 bits per heavy atom. The molecule has 108 valence electrons. The molecular weight excluding hydrogens is 252 g/mol. The predicted molar refractivity (Wildman–Crippen MR) is 77.5 cm³/mol. The molecule has 1 fully saturated rings. The SMILES string of the molecule is NCCC1CCN(C(=O)C2COc3ccccc3C2)C1. The highest BCUT2D eigenvalue weighted by atomic mass is 16.5. The Hall–Kier alpha value is -1.55. The number of likely N-dealkylation sites (tertiary alicyclic amines) is 1. The van der Waals surface area contributed by atoms with E-state index in [1.165, 1.54) is 0 Å². The minimum absolute atomic E-state index is 0.0264. The largest absolute Gasteiger partial charge is 0.492 e. The number of fused-ring (bicyclic) bond motifs is 1. The predicted octanol–water partition coefficient (Wildman–Crippen LogP) is 1.43. The van der Waals surface area contributed by atoms with E-state index in [1.807, 2.05) is 23.1 Å². The summed E-state index contributed by atoms with van der Waals surface area (Å²) in [5.74, 6) is 1.74. The van der Waals surface area contributed by atoms with Gasteiger partial charge in [0.2, 0.25) is 5.91 Å². The maximum atomic E-state index is 12.6. The molecule has 0 aliphatic carbocycles. The number of nitrogens with zero attached hydrogens (tertiary/aromatic N) is 1. The van der Waals surface area contributed by atoms with Gasteiger partial charge in [0.1, 0.15) is 12.4 Å². The molecule has 1 saturated heterocycles. The summed E-state index contributed by atoms with van der Waals surface area (Å²) >= 11 is 0. The first kappa shape index (κ1) is 13.4. The third kappa shape index (κ3) is 2.66. The Morgan fingerprint density at radius 1 is 1.40 bits per heavy atom. The van der Waals surface area contributed by atoms with Crippen LogP contribution in [0.15, 0.2) is 24.3 Å². The standard InChI is InChI=1S/C16H22N2O2/c17-7-5-12-6-8-18(10-12)16(19)14-9-13-3-1-2-4-15(13)20-11-14/h1-4,12,14H,5-11,17H2. The van der Waals surface area contributed by atoms with Crippen molar-refractivity contribution in [2.24, 2.45) is 17.6 Å². The van der Waals surface area contributed by atoms with E-state index in [0.29, 0.717) is 19.1 Å². The number of carbonyl (C=O) groups is 1. The van der Waals surface area contributed by atoms with Gasteiger partial charge < -0.3 is 15.4 Å². The Balaban J connectivity index is 1.62. The lowest BCUT2D eigenvalue weighted by Gasteiger charge is -2.28. The van der Waals surface area contributed by atoms with Crippen LogP contribution in [0.3, 0.4) is 0 Å². The minimum atomic E-state index is -0.0264. The molecule has 3 rings (SSSR count). The Morgan fingerprint density at radius 2 is 2.25 bits per heavy atom. The van der Waals surface area contributed by atoms with E-state index in [-0.39, 0.29) is 11.8 Å². The molecule has 1 aromatic carbocycles. The molecule has 0 bridgehead atoms. The van der Waals surface area contributed by atoms with Crippen molar-refractivity contribution < 1.29 is 9.53 Å². The summed E-state index contributed by atoms with van der Waals surface area (Å²) in [4.78, 5) is 14.6. The van der Waals surface area contributed by atoms with Crippen LogP contribution in [0.2, 0.25) is 0 Å². The summed E-state index contributed by atoms with van der Waals surface area (Å²) < 4.78 is 5.72. The number of hydrogen-bond acceptors (Lipinski definition) is 3. The average molecular weight is 274 g/mol. The van der Waals surface area contributed by atoms with E-state index < -0.39 is 0 Å². The van der Waals surface area contributed by atoms with Gasteiger partial charge in [-0.2, -0.15) is 0 Å². The molecule has 4 nitrogen and oxygen atoms in total. The number of rotatable bonds is 3. The van der Waals surface area contributed by atoms with Crippen LogP contribution in [0.25, 0.3) is 0 Å². The second kappa shape index (κ2) is 5.83. The van der Waals surface area contributed by atoms with Crippen LogP contribution in [0, 0.1) is 11.8 Å². The number of amides is 1. The lowest BCUT2D eigenvalue weighted by molar-refractivity contribution is -0.136. The monoisotopic (exact) mass is 274 g/mol. The van der Waals surface area contributed by atoms with Gasteiger partial charge in [-0.05, 0) is 43.4 Å². The number of carbonyl (C=O) groups excluding carboxylic acids is 1. The second-order valence-corrected chi connectivity index (χ2v) is 5.84. The van der Waals surface area contributed by atoms with Crippen molar-refractivity contribution in [2.45, 2.75) is 19.3 Å². The molecule has 2 aliphatic rings. The van der Waals surface area contributed by atoms with Gasteiger partial charge in [0.15, 0.2) is 0 Å². The smallest absolute Gasteiger partial charge is 0.229 e. The molecule has 0 aromatic heterocycles. The van der Waals surface area contributed by atoms with Crippen LogP contribution in [-0.4, -0.2) is 37.0 Å². The zero-order chi connectivity index (χ0) is 13.9. The molecule has 1 aromatic rings. The lowest BCUT2D eigenvalue weighted by Crippen LogP contribution is -2.39. The highest BCUT2D eigenvalue weighted by Gasteiger charge is 2.33. The first-order chi connectivity index (χ1) is 9.78. The third-order valence-corrected chi connectivity index (χ3v) is 4.40. The van der Waals surface area contributed by atoms with E-state index in [0.717, 1.165) is 43.7 Å². The van der Waals surface area contributed by atoms with E-state index in [4.69, 9.17) is 10.5 Å². The number of ether oxygens (including phenoxy) is 1. The normalized spacial score (nSPS) is 25.1. The Labute approximate surface area is 119 Å². The fraction of sp³-hybridized carbons (Fsp3) is 0.562. The van der Waals surface area contributed by atoms with Crippen LogP contribution < -0.4 is 10.5 Å². The van der Waals surface area contributed by atoms with Crippen molar-refractivity contribution in [1.82, 2.24) is 4.90 Å². The Bertz CT molecular complexity index is 489. The Kier molecular flexibility index (Phi) is 3.92. The third-order valence-electron chi connectivity index (χ3n) is 4.40. The van der Waals surface area contributed by atoms with Crippen LogP contribution in [0.5, 0.6) is 5.75 Å². The second-order valence-electron chi connectivity index (χ2n) is 5.84. The summed E-state index contributed by atoms with van der Waals surface area (Å²) in [7, 11) is 0. The number of nitrogens with two attached hydrogens (primary N) is 1. The molecule has 4 heteroatoms. The average Bonchev–Trinajstić information content (AvgIpc) is 2.95. The first-order valence-electron chi connectivity index (χ1n) is 7.47. The summed E-state index contributed by atoms with van der Waals surface area (Å²) in [6.07, 6.45) is 2.91. The molecule has 0 saturated carbocycles. The highest BCUT2D eigenvalue weighted by Crippen LogP contribution is 2.29. The van der Waals surface area contributed by atoms with Gasteiger partial charge in [-0.15, -0.1) is 0 Å². The van der Waals surface area contributed by atoms with Crippen LogP contribution in [0.4, 0.5) is 0 Å². The molecule has 1 amide bonds. The van der Waals surface area contributed by atoms with Crippen molar-refractivity contribution in [3.63, 3.8) is 0 Å². The van der Waals surface area contributed by atoms with Gasteiger partial charge in [-0.25, -0.2) is 0 Å². The van der Waals surface area contributed by atoms with Crippen LogP contribution in [-0.2, 0) is 11.2 Å². The number of hydrogen-bond donors (Lipinski definition) is 1. The van der Waals surface area contributed by atoms with E-state index in [1.54, 1.807) is 0 Å². The summed E-state index contributed by atoms with van der Waals surface area (Å²) in [6.45, 7) is 2.97. The summed E-state index contributed by atoms with van der Waals surface area (Å²) in [5, 5.41) is 0. The molecule has 2 aliphatic heterocycles. The molecule has 0 radical (unpaired) electrons. The van der Waals surface area contributed by atoms with Gasteiger partial charge in [0, 0.05) is 13.1 Å². The van der Waals surface area contributed by atoms with Crippen LogP contribution >= 0.6 is 0 Å². The summed E-state index contributed by atoms with van der Waals surface area (Å²) in [5.41, 5.74) is 6.75. The molecule has 0 spiro atoms. The minimum Gasteiger partial charge on any atom is -0.492 e. The maximum absolute atomic E-state index is 12.6. The molecule has 2 unspecified atom stereocenters. The van der Waals surface area contributed by atoms with Gasteiger partial charge in [-0.1, -0.05) is 18.2 Å². The summed E-state index contributed by atoms with van der Waals surface area (Å²) in [6, 6.07) is 8.00. The fourth-order valence-corrected chi connectivity index (χ4v) is 3.25. The van der Waals surface area contributed by atoms with Gasteiger partial charge in [-0.3, -0.25) is 4.79 Å². The zero-order valence-corrected chi connectivity index (χ0v) is 11.8. The molecule has 2 heterocycles. The van der Waals surface area contributed by atoms with Crippen molar-refractivity contribution >= 4 is 5.91 Å². The van der Waals surface area contributed by atoms with Crippen molar-refractivity contribution in [2.75, 3.05) is 26.2 Å². The van der Waals surface area contributed by atoms with Gasteiger partial charge in [0.05, 0.1) is 5.92 Å². The van der Waals surface area contributed by atoms with E-state index in [2.05, 4.69) is 6.07 Å². The molecular formula is C16H22N2O2. The van der Waals surface area contributed by atoms with Crippen molar-refractivity contribution in [3.8, 4) is 5.75 Å². The number of para-hydroxylation sites is 1. The highest BCUT2D eigenvalue weighted by molar-refractivity contribution is 5.80. The van der Waals surface area contributed by atoms with E-state index >= 15 is 0 Å². The van der Waals surface area contributed by atoms with Gasteiger partial charge >= 0.3 is 0 Å². The lowest BCUT2D eigenvalue weighted by atomic mass is 9.95. The molecule has 2 N–H and O–H groups in total. The topological polar surface area (TPSA) is 55.6 Å². The molecule has 2 atom stereocenters. The van der Waals surface area contributed by atoms with E-state index in [9.17, 15) is 4.79 Å².